The fourth-order valence-corrected chi connectivity index (χ4v) is 4.14. The van der Waals surface area contributed by atoms with E-state index in [2.05, 4.69) is 12.2 Å². The lowest BCUT2D eigenvalue weighted by molar-refractivity contribution is 0.423. The summed E-state index contributed by atoms with van der Waals surface area (Å²) in [5.74, 6) is 0. The van der Waals surface area contributed by atoms with E-state index in [1.54, 1.807) is 16.4 Å². The number of benzene rings is 1. The van der Waals surface area contributed by atoms with Gasteiger partial charge in [-0.05, 0) is 43.5 Å². The molecule has 0 aliphatic carbocycles. The van der Waals surface area contributed by atoms with Crippen LogP contribution in [0.25, 0.3) is 0 Å². The quantitative estimate of drug-likeness (QED) is 0.822. The van der Waals surface area contributed by atoms with E-state index < -0.39 is 10.0 Å². The van der Waals surface area contributed by atoms with Gasteiger partial charge < -0.3 is 5.32 Å². The Kier molecular flexibility index (Phi) is 6.21. The normalized spacial score (nSPS) is 17.6. The molecule has 0 radical (unpaired) electrons. The van der Waals surface area contributed by atoms with Gasteiger partial charge in [0, 0.05) is 19.6 Å². The van der Waals surface area contributed by atoms with Gasteiger partial charge in [0.05, 0.1) is 4.90 Å². The fraction of sp³-hybridized carbons (Fsp3) is 0.625. The van der Waals surface area contributed by atoms with Gasteiger partial charge in [-0.2, -0.15) is 4.31 Å². The molecular formula is C16H26N2O2S. The zero-order valence-corrected chi connectivity index (χ0v) is 13.7. The molecule has 5 heteroatoms. The summed E-state index contributed by atoms with van der Waals surface area (Å²) < 4.78 is 26.9. The number of rotatable bonds is 6. The zero-order valence-electron chi connectivity index (χ0n) is 12.8. The van der Waals surface area contributed by atoms with Crippen molar-refractivity contribution in [2.75, 3.05) is 19.6 Å². The largest absolute Gasteiger partial charge is 0.313 e. The van der Waals surface area contributed by atoms with E-state index in [1.165, 1.54) is 0 Å². The molecule has 0 amide bonds. The predicted molar refractivity (Wildman–Crippen MR) is 85.7 cm³/mol. The second-order valence-electron chi connectivity index (χ2n) is 5.64. The molecule has 1 fully saturated rings. The maximum absolute atomic E-state index is 12.6. The monoisotopic (exact) mass is 310 g/mol. The molecule has 21 heavy (non-hydrogen) atoms. The average molecular weight is 310 g/mol. The molecule has 2 rings (SSSR count). The molecule has 0 bridgehead atoms. The van der Waals surface area contributed by atoms with Gasteiger partial charge in [-0.3, -0.25) is 0 Å². The lowest BCUT2D eigenvalue weighted by Crippen LogP contribution is -2.31. The second-order valence-corrected chi connectivity index (χ2v) is 7.58. The predicted octanol–water partition coefficient (Wildman–Crippen LogP) is 2.75. The third-order valence-electron chi connectivity index (χ3n) is 3.88. The van der Waals surface area contributed by atoms with Crippen molar-refractivity contribution in [2.45, 2.75) is 50.5 Å². The molecule has 1 aliphatic heterocycles. The lowest BCUT2D eigenvalue weighted by Gasteiger charge is -2.20. The average Bonchev–Trinajstić information content (AvgIpc) is 2.78. The minimum Gasteiger partial charge on any atom is -0.313 e. The van der Waals surface area contributed by atoms with E-state index in [1.807, 2.05) is 12.1 Å². The van der Waals surface area contributed by atoms with E-state index >= 15 is 0 Å². The van der Waals surface area contributed by atoms with E-state index in [9.17, 15) is 8.42 Å². The van der Waals surface area contributed by atoms with Crippen LogP contribution in [0, 0.1) is 0 Å². The van der Waals surface area contributed by atoms with Crippen LogP contribution in [-0.2, 0) is 16.6 Å². The van der Waals surface area contributed by atoms with Gasteiger partial charge in [0.25, 0.3) is 0 Å². The first kappa shape index (κ1) is 16.5. The van der Waals surface area contributed by atoms with Gasteiger partial charge in [0.15, 0.2) is 0 Å². The highest BCUT2D eigenvalue weighted by atomic mass is 32.2. The van der Waals surface area contributed by atoms with Crippen LogP contribution in [0.1, 0.15) is 44.6 Å². The number of nitrogens with zero attached hydrogens (tertiary/aromatic N) is 1. The number of nitrogens with one attached hydrogen (secondary N) is 1. The van der Waals surface area contributed by atoms with Gasteiger partial charge in [0.1, 0.15) is 0 Å². The van der Waals surface area contributed by atoms with Crippen molar-refractivity contribution in [3.63, 3.8) is 0 Å². The van der Waals surface area contributed by atoms with Crippen molar-refractivity contribution in [1.82, 2.24) is 9.62 Å². The molecule has 1 aliphatic rings. The third kappa shape index (κ3) is 4.53. The Morgan fingerprint density at radius 1 is 1.05 bits per heavy atom. The molecular weight excluding hydrogens is 284 g/mol. The maximum atomic E-state index is 12.6. The van der Waals surface area contributed by atoms with Gasteiger partial charge >= 0.3 is 0 Å². The van der Waals surface area contributed by atoms with Crippen molar-refractivity contribution < 1.29 is 8.42 Å². The molecule has 1 N–H and O–H groups in total. The van der Waals surface area contributed by atoms with Crippen molar-refractivity contribution in [2.24, 2.45) is 0 Å². The van der Waals surface area contributed by atoms with Crippen LogP contribution in [0.15, 0.2) is 29.2 Å². The molecule has 0 spiro atoms. The summed E-state index contributed by atoms with van der Waals surface area (Å²) >= 11 is 0. The molecule has 1 aromatic carbocycles. The van der Waals surface area contributed by atoms with Gasteiger partial charge in [-0.25, -0.2) is 8.42 Å². The lowest BCUT2D eigenvalue weighted by atomic mass is 10.2. The van der Waals surface area contributed by atoms with Crippen LogP contribution >= 0.6 is 0 Å². The Morgan fingerprint density at radius 3 is 2.24 bits per heavy atom. The van der Waals surface area contributed by atoms with Crippen LogP contribution in [0.5, 0.6) is 0 Å². The van der Waals surface area contributed by atoms with Crippen LogP contribution in [0.2, 0.25) is 0 Å². The Balaban J connectivity index is 2.05. The van der Waals surface area contributed by atoms with Crippen LogP contribution in [-0.4, -0.2) is 32.4 Å². The smallest absolute Gasteiger partial charge is 0.243 e. The molecule has 4 nitrogen and oxygen atoms in total. The van der Waals surface area contributed by atoms with Crippen molar-refractivity contribution in [3.8, 4) is 0 Å². The molecule has 0 aromatic heterocycles. The maximum Gasteiger partial charge on any atom is 0.243 e. The molecule has 1 aromatic rings. The summed E-state index contributed by atoms with van der Waals surface area (Å²) in [5, 5.41) is 3.32. The Labute approximate surface area is 128 Å². The van der Waals surface area contributed by atoms with Crippen LogP contribution in [0.4, 0.5) is 0 Å². The van der Waals surface area contributed by atoms with Gasteiger partial charge in [-0.15, -0.1) is 0 Å². The summed E-state index contributed by atoms with van der Waals surface area (Å²) in [5.41, 5.74) is 1.12. The third-order valence-corrected chi connectivity index (χ3v) is 5.79. The van der Waals surface area contributed by atoms with E-state index in [0.717, 1.165) is 50.8 Å². The Hall–Kier alpha value is -0.910. The molecule has 1 saturated heterocycles. The van der Waals surface area contributed by atoms with Crippen molar-refractivity contribution in [1.29, 1.82) is 0 Å². The zero-order chi connectivity index (χ0) is 15.1. The van der Waals surface area contributed by atoms with Crippen molar-refractivity contribution >= 4 is 10.0 Å². The first-order valence-electron chi connectivity index (χ1n) is 7.94. The number of sulfonamides is 1. The molecule has 0 atom stereocenters. The topological polar surface area (TPSA) is 49.4 Å². The highest BCUT2D eigenvalue weighted by molar-refractivity contribution is 7.89. The van der Waals surface area contributed by atoms with E-state index in [0.29, 0.717) is 18.0 Å². The summed E-state index contributed by atoms with van der Waals surface area (Å²) in [7, 11) is -3.31. The first-order chi connectivity index (χ1) is 10.1. The fourth-order valence-electron chi connectivity index (χ4n) is 2.62. The van der Waals surface area contributed by atoms with Crippen LogP contribution in [0.3, 0.4) is 0 Å². The van der Waals surface area contributed by atoms with E-state index in [4.69, 9.17) is 0 Å². The summed E-state index contributed by atoms with van der Waals surface area (Å²) in [6, 6.07) is 7.30. The van der Waals surface area contributed by atoms with Crippen molar-refractivity contribution in [3.05, 3.63) is 29.8 Å². The first-order valence-corrected chi connectivity index (χ1v) is 9.38. The molecule has 118 valence electrons. The summed E-state index contributed by atoms with van der Waals surface area (Å²) in [6.07, 6.45) is 5.31. The molecule has 0 unspecified atom stereocenters. The van der Waals surface area contributed by atoms with Crippen LogP contribution < -0.4 is 5.32 Å². The summed E-state index contributed by atoms with van der Waals surface area (Å²) in [6.45, 7) is 5.21. The highest BCUT2D eigenvalue weighted by Gasteiger charge is 2.24. The van der Waals surface area contributed by atoms with E-state index in [-0.39, 0.29) is 0 Å². The Morgan fingerprint density at radius 2 is 1.67 bits per heavy atom. The molecule has 1 heterocycles. The minimum absolute atomic E-state index is 0.420. The highest BCUT2D eigenvalue weighted by Crippen LogP contribution is 2.20. The van der Waals surface area contributed by atoms with Gasteiger partial charge in [0.2, 0.25) is 10.0 Å². The SMILES string of the molecule is CCCNCc1ccc(S(=O)(=O)N2CCCCCC2)cc1. The minimum atomic E-state index is -3.31. The molecule has 0 saturated carbocycles. The Bertz CT molecular complexity index is 518. The van der Waals surface area contributed by atoms with Gasteiger partial charge in [-0.1, -0.05) is 31.9 Å². The number of hydrogen-bond donors (Lipinski definition) is 1. The second kappa shape index (κ2) is 7.92. The standard InChI is InChI=1S/C16H26N2O2S/c1-2-11-17-14-15-7-9-16(10-8-15)21(19,20)18-12-5-3-4-6-13-18/h7-10,17H,2-6,11-14H2,1H3. The summed E-state index contributed by atoms with van der Waals surface area (Å²) in [4.78, 5) is 0.420. The number of hydrogen-bond acceptors (Lipinski definition) is 3.